The minimum absolute atomic E-state index is 1.04. The minimum atomic E-state index is 1.04. The Bertz CT molecular complexity index is 2000. The number of rotatable bonds is 1. The molecule has 0 saturated heterocycles. The van der Waals surface area contributed by atoms with Crippen LogP contribution in [0.3, 0.4) is 0 Å². The van der Waals surface area contributed by atoms with Crippen LogP contribution in [0.5, 0.6) is 0 Å². The van der Waals surface area contributed by atoms with Crippen LogP contribution in [-0.2, 0) is 0 Å². The van der Waals surface area contributed by atoms with Crippen LogP contribution < -0.4 is 0 Å². The van der Waals surface area contributed by atoms with Gasteiger partial charge in [0.15, 0.2) is 0 Å². The van der Waals surface area contributed by atoms with Gasteiger partial charge in [0.05, 0.1) is 5.69 Å². The highest BCUT2D eigenvalue weighted by Crippen LogP contribution is 2.39. The van der Waals surface area contributed by atoms with Crippen molar-refractivity contribution >= 4 is 64.6 Å². The van der Waals surface area contributed by atoms with Gasteiger partial charge in [-0.3, -0.25) is 4.98 Å². The molecule has 0 N–H and O–H groups in total. The minimum Gasteiger partial charge on any atom is -0.256 e. The monoisotopic (exact) mass is 429 g/mol. The van der Waals surface area contributed by atoms with E-state index in [1.807, 2.05) is 6.20 Å². The highest BCUT2D eigenvalue weighted by atomic mass is 14.7. The van der Waals surface area contributed by atoms with Crippen LogP contribution in [0.25, 0.3) is 75.9 Å². The molecular weight excluding hydrogens is 410 g/mol. The number of aromatic nitrogens is 1. The Labute approximate surface area is 196 Å². The first-order chi connectivity index (χ1) is 16.8. The molecule has 156 valence electrons. The molecule has 7 aromatic carbocycles. The summed E-state index contributed by atoms with van der Waals surface area (Å²) in [6.07, 6.45) is 1.95. The molecule has 8 rings (SSSR count). The topological polar surface area (TPSA) is 12.9 Å². The Hall–Kier alpha value is -4.49. The molecule has 0 bridgehead atoms. The van der Waals surface area contributed by atoms with Gasteiger partial charge in [0.2, 0.25) is 0 Å². The second-order valence-electron chi connectivity index (χ2n) is 9.21. The van der Waals surface area contributed by atoms with Gasteiger partial charge < -0.3 is 0 Å². The molecule has 34 heavy (non-hydrogen) atoms. The van der Waals surface area contributed by atoms with Crippen molar-refractivity contribution in [3.8, 4) is 11.3 Å². The summed E-state index contributed by atoms with van der Waals surface area (Å²) >= 11 is 0. The van der Waals surface area contributed by atoms with Gasteiger partial charge >= 0.3 is 0 Å². The van der Waals surface area contributed by atoms with E-state index in [1.54, 1.807) is 0 Å². The molecule has 1 nitrogen and oxygen atoms in total. The lowest BCUT2D eigenvalue weighted by atomic mass is 9.91. The Morgan fingerprint density at radius 2 is 0.941 bits per heavy atom. The zero-order valence-corrected chi connectivity index (χ0v) is 18.4. The zero-order valence-electron chi connectivity index (χ0n) is 18.4. The summed E-state index contributed by atoms with van der Waals surface area (Å²) in [5.74, 6) is 0. The molecule has 0 unspecified atom stereocenters. The van der Waals surface area contributed by atoms with Crippen molar-refractivity contribution < 1.29 is 0 Å². The van der Waals surface area contributed by atoms with E-state index in [-0.39, 0.29) is 0 Å². The highest BCUT2D eigenvalue weighted by molar-refractivity contribution is 6.24. The maximum atomic E-state index is 4.88. The predicted molar refractivity (Wildman–Crippen MR) is 146 cm³/mol. The predicted octanol–water partition coefficient (Wildman–Crippen LogP) is 9.11. The number of hydrogen-bond acceptors (Lipinski definition) is 1. The molecule has 0 aliphatic carbocycles. The first-order valence-corrected chi connectivity index (χ1v) is 11.7. The molecular formula is C33H19N. The van der Waals surface area contributed by atoms with Crippen molar-refractivity contribution in [2.45, 2.75) is 0 Å². The lowest BCUT2D eigenvalue weighted by Crippen LogP contribution is -1.90. The standard InChI is InChI=1S/C33H19N/c1-2-7-26-20(4-1)12-13-28-27(26)14-15-30-29(28)16-17-34-33(30)25-18-23-10-8-21-5-3-6-22-9-11-24(19-25)32(23)31(21)22/h1-19H. The molecule has 8 aromatic rings. The van der Waals surface area contributed by atoms with Crippen molar-refractivity contribution in [1.29, 1.82) is 0 Å². The lowest BCUT2D eigenvalue weighted by molar-refractivity contribution is 1.36. The van der Waals surface area contributed by atoms with Crippen LogP contribution in [0, 0.1) is 0 Å². The molecule has 1 heteroatoms. The third-order valence-corrected chi connectivity index (χ3v) is 7.40. The summed E-state index contributed by atoms with van der Waals surface area (Å²) in [4.78, 5) is 4.88. The smallest absolute Gasteiger partial charge is 0.0780 e. The number of benzene rings is 7. The largest absolute Gasteiger partial charge is 0.256 e. The molecule has 0 radical (unpaired) electrons. The van der Waals surface area contributed by atoms with Crippen LogP contribution >= 0.6 is 0 Å². The SMILES string of the molecule is c1ccc2c(c1)ccc1c3ccnc(-c4cc5ccc6cccc7ccc(c4)c5c67)c3ccc21. The van der Waals surface area contributed by atoms with Gasteiger partial charge in [0, 0.05) is 17.1 Å². The van der Waals surface area contributed by atoms with Crippen LogP contribution in [0.15, 0.2) is 115 Å². The fraction of sp³-hybridized carbons (Fsp3) is 0. The molecule has 0 atom stereocenters. The van der Waals surface area contributed by atoms with E-state index in [4.69, 9.17) is 4.98 Å². The van der Waals surface area contributed by atoms with Crippen LogP contribution in [0.4, 0.5) is 0 Å². The average Bonchev–Trinajstić information content (AvgIpc) is 2.90. The van der Waals surface area contributed by atoms with E-state index in [2.05, 4.69) is 109 Å². The van der Waals surface area contributed by atoms with Crippen LogP contribution in [0.1, 0.15) is 0 Å². The molecule has 0 saturated carbocycles. The van der Waals surface area contributed by atoms with Crippen molar-refractivity contribution in [3.05, 3.63) is 115 Å². The van der Waals surface area contributed by atoms with Gasteiger partial charge in [-0.15, -0.1) is 0 Å². The number of hydrogen-bond donors (Lipinski definition) is 0. The van der Waals surface area contributed by atoms with Crippen molar-refractivity contribution in [2.75, 3.05) is 0 Å². The van der Waals surface area contributed by atoms with Crippen molar-refractivity contribution in [3.63, 3.8) is 0 Å². The van der Waals surface area contributed by atoms with Crippen LogP contribution in [0.2, 0.25) is 0 Å². The number of fused-ring (bicyclic) bond motifs is 5. The second-order valence-corrected chi connectivity index (χ2v) is 9.21. The van der Waals surface area contributed by atoms with E-state index >= 15 is 0 Å². The Kier molecular flexibility index (Phi) is 3.45. The molecule has 1 aromatic heterocycles. The summed E-state index contributed by atoms with van der Waals surface area (Å²) in [6.45, 7) is 0. The van der Waals surface area contributed by atoms with E-state index in [9.17, 15) is 0 Å². The summed E-state index contributed by atoms with van der Waals surface area (Å²) in [5.41, 5.74) is 2.20. The van der Waals surface area contributed by atoms with Crippen molar-refractivity contribution in [2.24, 2.45) is 0 Å². The highest BCUT2D eigenvalue weighted by Gasteiger charge is 2.13. The summed E-state index contributed by atoms with van der Waals surface area (Å²) in [6, 6.07) is 39.9. The number of pyridine rings is 1. The Balaban J connectivity index is 1.44. The molecule has 0 aliphatic rings. The molecule has 0 aliphatic heterocycles. The fourth-order valence-electron chi connectivity index (χ4n) is 5.87. The second kappa shape index (κ2) is 6.52. The number of nitrogens with zero attached hydrogens (tertiary/aromatic N) is 1. The maximum Gasteiger partial charge on any atom is 0.0780 e. The van der Waals surface area contributed by atoms with Gasteiger partial charge in [0.25, 0.3) is 0 Å². The third-order valence-electron chi connectivity index (χ3n) is 7.40. The van der Waals surface area contributed by atoms with Gasteiger partial charge in [-0.05, 0) is 77.4 Å². The molecule has 0 spiro atoms. The Morgan fingerprint density at radius 3 is 1.76 bits per heavy atom. The average molecular weight is 430 g/mol. The molecule has 0 amide bonds. The Morgan fingerprint density at radius 1 is 0.382 bits per heavy atom. The normalized spacial score (nSPS) is 12.1. The first-order valence-electron chi connectivity index (χ1n) is 11.7. The summed E-state index contributed by atoms with van der Waals surface area (Å²) in [7, 11) is 0. The maximum absolute atomic E-state index is 4.88. The van der Waals surface area contributed by atoms with E-state index in [1.165, 1.54) is 64.6 Å². The molecule has 1 heterocycles. The van der Waals surface area contributed by atoms with E-state index in [0.29, 0.717) is 0 Å². The van der Waals surface area contributed by atoms with Gasteiger partial charge in [-0.25, -0.2) is 0 Å². The van der Waals surface area contributed by atoms with Crippen LogP contribution in [-0.4, -0.2) is 4.98 Å². The lowest BCUT2D eigenvalue weighted by Gasteiger charge is -2.14. The summed E-state index contributed by atoms with van der Waals surface area (Å²) < 4.78 is 0. The van der Waals surface area contributed by atoms with Gasteiger partial charge in [0.1, 0.15) is 0 Å². The summed E-state index contributed by atoms with van der Waals surface area (Å²) in [5, 5.41) is 15.4. The quantitative estimate of drug-likeness (QED) is 0.237. The van der Waals surface area contributed by atoms with E-state index < -0.39 is 0 Å². The van der Waals surface area contributed by atoms with Crippen molar-refractivity contribution in [1.82, 2.24) is 4.98 Å². The van der Waals surface area contributed by atoms with Gasteiger partial charge in [-0.1, -0.05) is 91.0 Å². The third kappa shape index (κ3) is 2.36. The zero-order chi connectivity index (χ0) is 22.2. The van der Waals surface area contributed by atoms with E-state index in [0.717, 1.165) is 11.3 Å². The fourth-order valence-corrected chi connectivity index (χ4v) is 5.87. The van der Waals surface area contributed by atoms with Gasteiger partial charge in [-0.2, -0.15) is 0 Å². The first kappa shape index (κ1) is 18.0. The molecule has 0 fully saturated rings.